The summed E-state index contributed by atoms with van der Waals surface area (Å²) in [6.07, 6.45) is 2.70. The van der Waals surface area contributed by atoms with Crippen LogP contribution in [0.25, 0.3) is 32.2 Å². The highest BCUT2D eigenvalue weighted by Gasteiger charge is 2.43. The molecule has 3 atom stereocenters. The number of anilines is 2. The van der Waals surface area contributed by atoms with Crippen molar-refractivity contribution in [1.82, 2.24) is 15.2 Å². The van der Waals surface area contributed by atoms with Gasteiger partial charge in [-0.3, -0.25) is 14.9 Å². The van der Waals surface area contributed by atoms with E-state index >= 15 is 4.39 Å². The van der Waals surface area contributed by atoms with E-state index in [0.29, 0.717) is 44.9 Å². The van der Waals surface area contributed by atoms with E-state index in [1.54, 1.807) is 12.3 Å². The molecule has 2 aliphatic rings. The van der Waals surface area contributed by atoms with Gasteiger partial charge in [0, 0.05) is 43.2 Å². The van der Waals surface area contributed by atoms with Gasteiger partial charge in [0.25, 0.3) is 0 Å². The summed E-state index contributed by atoms with van der Waals surface area (Å²) < 4.78 is 29.6. The van der Waals surface area contributed by atoms with Gasteiger partial charge in [-0.1, -0.05) is 29.0 Å². The number of carbonyl (C=O) groups excluding carboxylic acids is 1. The van der Waals surface area contributed by atoms with Crippen LogP contribution in [0.4, 0.5) is 19.6 Å². The number of nitrogens with one attached hydrogen (secondary N) is 2. The lowest BCUT2D eigenvalue weighted by Gasteiger charge is -2.27. The molecular formula is C23H19ClF2N6OS. The number of rotatable bonds is 6. The first-order valence-electron chi connectivity index (χ1n) is 10.8. The second kappa shape index (κ2) is 7.99. The summed E-state index contributed by atoms with van der Waals surface area (Å²) in [5.41, 5.74) is 2.85. The quantitative estimate of drug-likeness (QED) is 0.387. The number of hydrogen-bond acceptors (Lipinski definition) is 6. The molecule has 7 nitrogen and oxygen atoms in total. The average Bonchev–Trinajstić information content (AvgIpc) is 3.15. The number of aliphatic imine (C=N–C) groups is 1. The van der Waals surface area contributed by atoms with Crippen LogP contribution in [-0.4, -0.2) is 53.6 Å². The van der Waals surface area contributed by atoms with Gasteiger partial charge in [-0.2, -0.15) is 5.10 Å². The predicted octanol–water partition coefficient (Wildman–Crippen LogP) is 5.07. The minimum absolute atomic E-state index is 0.0122. The summed E-state index contributed by atoms with van der Waals surface area (Å²) >= 11 is 7.88. The number of carbonyl (C=O) groups is 1. The van der Waals surface area contributed by atoms with Gasteiger partial charge in [0.2, 0.25) is 5.91 Å². The topological polar surface area (TPSA) is 86.3 Å². The number of aromatic nitrogens is 3. The molecule has 1 aliphatic carbocycles. The van der Waals surface area contributed by atoms with E-state index in [0.717, 1.165) is 11.2 Å². The van der Waals surface area contributed by atoms with Gasteiger partial charge < -0.3 is 10.2 Å². The highest BCUT2D eigenvalue weighted by Crippen LogP contribution is 2.44. The molecule has 1 aliphatic heterocycles. The summed E-state index contributed by atoms with van der Waals surface area (Å²) in [5.74, 6) is -1.19. The van der Waals surface area contributed by atoms with E-state index in [1.165, 1.54) is 11.3 Å². The van der Waals surface area contributed by atoms with E-state index in [4.69, 9.17) is 11.6 Å². The number of fused-ring (bicyclic) bond motifs is 2. The third-order valence-corrected chi connectivity index (χ3v) is 7.56. The van der Waals surface area contributed by atoms with Crippen molar-refractivity contribution >= 4 is 67.0 Å². The van der Waals surface area contributed by atoms with Crippen LogP contribution in [0.15, 0.2) is 29.4 Å². The number of H-pyrrole nitrogens is 1. The fourth-order valence-electron chi connectivity index (χ4n) is 4.31. The molecule has 6 rings (SSSR count). The van der Waals surface area contributed by atoms with Crippen LogP contribution in [0.2, 0.25) is 5.02 Å². The van der Waals surface area contributed by atoms with Gasteiger partial charge >= 0.3 is 0 Å². The zero-order chi connectivity index (χ0) is 23.6. The number of halogens is 3. The molecule has 1 unspecified atom stereocenters. The first-order valence-corrected chi connectivity index (χ1v) is 12.0. The highest BCUT2D eigenvalue weighted by molar-refractivity contribution is 7.22. The molecule has 0 saturated heterocycles. The fourth-order valence-corrected chi connectivity index (χ4v) is 5.52. The Labute approximate surface area is 201 Å². The maximum atomic E-state index is 15.6. The molecule has 0 bridgehead atoms. The average molecular weight is 501 g/mol. The standard InChI is InChI=1S/C23H19ClF2N6OS/c1-32(9-10-6-27-7-10)21-19(26)18(24)17(13-8-28-31-20(13)21)11-2-3-15-16(4-11)34-23(29-15)30-22(33)12-5-14(12)25/h2-4,6,8,10,12,14H,5,7,9H2,1H3,(H,28,31)(H,29,30,33)/t10?,12-,14+/m1/s1. The molecule has 3 heterocycles. The van der Waals surface area contributed by atoms with Gasteiger partial charge in [0.15, 0.2) is 10.9 Å². The number of hydrogen-bond donors (Lipinski definition) is 2. The third-order valence-electron chi connectivity index (χ3n) is 6.27. The summed E-state index contributed by atoms with van der Waals surface area (Å²) in [4.78, 5) is 22.4. The summed E-state index contributed by atoms with van der Waals surface area (Å²) in [7, 11) is 1.83. The fraction of sp³-hybridized carbons (Fsp3) is 0.304. The minimum atomic E-state index is -1.07. The van der Waals surface area contributed by atoms with Gasteiger partial charge in [-0.25, -0.2) is 13.8 Å². The molecular weight excluding hydrogens is 482 g/mol. The van der Waals surface area contributed by atoms with Crippen molar-refractivity contribution in [1.29, 1.82) is 0 Å². The second-order valence-corrected chi connectivity index (χ2v) is 10.1. The summed E-state index contributed by atoms with van der Waals surface area (Å²) in [6, 6.07) is 5.47. The first-order chi connectivity index (χ1) is 16.4. The molecule has 1 amide bonds. The van der Waals surface area contributed by atoms with E-state index in [1.807, 2.05) is 30.3 Å². The van der Waals surface area contributed by atoms with Crippen LogP contribution in [0.3, 0.4) is 0 Å². The number of nitrogens with zero attached hydrogens (tertiary/aromatic N) is 4. The van der Waals surface area contributed by atoms with Crippen molar-refractivity contribution < 1.29 is 13.6 Å². The normalized spacial score (nSPS) is 21.1. The Morgan fingerprint density at radius 3 is 2.91 bits per heavy atom. The lowest BCUT2D eigenvalue weighted by Crippen LogP contribution is -2.32. The Hall–Kier alpha value is -3.11. The second-order valence-electron chi connectivity index (χ2n) is 8.71. The molecule has 11 heteroatoms. The van der Waals surface area contributed by atoms with E-state index in [-0.39, 0.29) is 23.3 Å². The predicted molar refractivity (Wildman–Crippen MR) is 131 cm³/mol. The van der Waals surface area contributed by atoms with Crippen LogP contribution >= 0.6 is 22.9 Å². The zero-order valence-corrected chi connectivity index (χ0v) is 19.6. The van der Waals surface area contributed by atoms with Gasteiger partial charge in [0.1, 0.15) is 11.9 Å². The molecule has 0 radical (unpaired) electrons. The molecule has 2 aromatic heterocycles. The molecule has 34 heavy (non-hydrogen) atoms. The number of amides is 1. The van der Waals surface area contributed by atoms with Gasteiger partial charge in [0.05, 0.1) is 32.9 Å². The maximum absolute atomic E-state index is 15.6. The van der Waals surface area contributed by atoms with E-state index in [2.05, 4.69) is 25.5 Å². The van der Waals surface area contributed by atoms with Gasteiger partial charge in [-0.05, 0) is 24.1 Å². The van der Waals surface area contributed by atoms with E-state index < -0.39 is 17.9 Å². The van der Waals surface area contributed by atoms with Crippen molar-refractivity contribution in [2.75, 3.05) is 30.4 Å². The number of benzene rings is 2. The van der Waals surface area contributed by atoms with Crippen molar-refractivity contribution in [3.8, 4) is 11.1 Å². The first kappa shape index (κ1) is 21.4. The molecule has 1 fully saturated rings. The van der Waals surface area contributed by atoms with Gasteiger partial charge in [-0.15, -0.1) is 0 Å². The molecule has 174 valence electrons. The molecule has 2 aromatic carbocycles. The Balaban J connectivity index is 1.38. The molecule has 4 aromatic rings. The Morgan fingerprint density at radius 1 is 1.41 bits per heavy atom. The molecule has 0 spiro atoms. The van der Waals surface area contributed by atoms with Crippen molar-refractivity contribution in [2.24, 2.45) is 16.8 Å². The Morgan fingerprint density at radius 2 is 2.21 bits per heavy atom. The van der Waals surface area contributed by atoms with Crippen molar-refractivity contribution in [2.45, 2.75) is 12.6 Å². The summed E-state index contributed by atoms with van der Waals surface area (Å²) in [6.45, 7) is 1.35. The SMILES string of the molecule is CN(CC1C=NC1)c1c(F)c(Cl)c(-c2ccc3nc(NC(=O)[C@@H]4C[C@@H]4F)sc3c2)c2cn[nH]c12. The highest BCUT2D eigenvalue weighted by atomic mass is 35.5. The monoisotopic (exact) mass is 500 g/mol. The summed E-state index contributed by atoms with van der Waals surface area (Å²) in [5, 5.41) is 10.9. The van der Waals surface area contributed by atoms with Crippen LogP contribution < -0.4 is 10.2 Å². The lowest BCUT2D eigenvalue weighted by atomic mass is 9.99. The molecule has 1 saturated carbocycles. The zero-order valence-electron chi connectivity index (χ0n) is 18.0. The van der Waals surface area contributed by atoms with Crippen LogP contribution in [0.1, 0.15) is 6.42 Å². The molecule has 2 N–H and O–H groups in total. The minimum Gasteiger partial charge on any atom is -0.370 e. The smallest absolute Gasteiger partial charge is 0.232 e. The van der Waals surface area contributed by atoms with Crippen LogP contribution in [0.5, 0.6) is 0 Å². The lowest BCUT2D eigenvalue weighted by molar-refractivity contribution is -0.117. The Kier molecular flexibility index (Phi) is 5.03. The van der Waals surface area contributed by atoms with Crippen LogP contribution in [0, 0.1) is 17.7 Å². The van der Waals surface area contributed by atoms with E-state index in [9.17, 15) is 9.18 Å². The number of alkyl halides is 1. The number of thiazole rings is 1. The van der Waals surface area contributed by atoms with Crippen molar-refractivity contribution in [3.05, 3.63) is 35.2 Å². The van der Waals surface area contributed by atoms with Crippen molar-refractivity contribution in [3.63, 3.8) is 0 Å². The number of aromatic amines is 1. The largest absolute Gasteiger partial charge is 0.370 e. The Bertz CT molecular complexity index is 1480. The third kappa shape index (κ3) is 3.52. The maximum Gasteiger partial charge on any atom is 0.232 e. The van der Waals surface area contributed by atoms with Crippen LogP contribution in [-0.2, 0) is 4.79 Å².